The van der Waals surface area contributed by atoms with Gasteiger partial charge in [-0.05, 0) is 22.4 Å². The van der Waals surface area contributed by atoms with Crippen LogP contribution in [0.5, 0.6) is 0 Å². The molecular formula is C8H12BrClN4O. The third-order valence-corrected chi connectivity index (χ3v) is 2.50. The van der Waals surface area contributed by atoms with Gasteiger partial charge in [-0.3, -0.25) is 9.48 Å². The highest BCUT2D eigenvalue weighted by molar-refractivity contribution is 9.10. The molecule has 1 aliphatic rings. The van der Waals surface area contributed by atoms with E-state index in [1.807, 2.05) is 0 Å². The average molecular weight is 296 g/mol. The van der Waals surface area contributed by atoms with Crippen molar-refractivity contribution in [2.45, 2.75) is 25.0 Å². The molecule has 7 heteroatoms. The summed E-state index contributed by atoms with van der Waals surface area (Å²) in [4.78, 5) is 11.4. The van der Waals surface area contributed by atoms with E-state index in [0.717, 1.165) is 10.9 Å². The maximum atomic E-state index is 11.4. The molecule has 15 heavy (non-hydrogen) atoms. The zero-order chi connectivity index (χ0) is 10.1. The maximum absolute atomic E-state index is 11.4. The van der Waals surface area contributed by atoms with E-state index in [2.05, 4.69) is 26.3 Å². The lowest BCUT2D eigenvalue weighted by Crippen LogP contribution is -2.32. The summed E-state index contributed by atoms with van der Waals surface area (Å²) in [7, 11) is 0. The Balaban J connectivity index is 0.00000112. The summed E-state index contributed by atoms with van der Waals surface area (Å²) >= 11 is 3.26. The second-order valence-corrected chi connectivity index (χ2v) is 4.35. The minimum atomic E-state index is -0.0430. The molecule has 3 N–H and O–H groups in total. The van der Waals surface area contributed by atoms with Crippen molar-refractivity contribution in [1.29, 1.82) is 0 Å². The molecule has 2 unspecified atom stereocenters. The van der Waals surface area contributed by atoms with E-state index in [1.54, 1.807) is 17.1 Å². The van der Waals surface area contributed by atoms with Crippen molar-refractivity contribution in [1.82, 2.24) is 15.1 Å². The molecule has 2 atom stereocenters. The lowest BCUT2D eigenvalue weighted by atomic mass is 10.5. The van der Waals surface area contributed by atoms with Crippen molar-refractivity contribution in [3.05, 3.63) is 16.9 Å². The molecule has 0 aliphatic heterocycles. The second-order valence-electron chi connectivity index (χ2n) is 3.43. The summed E-state index contributed by atoms with van der Waals surface area (Å²) in [5.41, 5.74) is 5.57. The molecule has 1 saturated carbocycles. The Morgan fingerprint density at radius 2 is 2.47 bits per heavy atom. The average Bonchev–Trinajstić information content (AvgIpc) is 2.59. The van der Waals surface area contributed by atoms with Crippen molar-refractivity contribution < 1.29 is 4.79 Å². The Bertz CT molecular complexity index is 356. The quantitative estimate of drug-likeness (QED) is 0.841. The van der Waals surface area contributed by atoms with Gasteiger partial charge in [-0.1, -0.05) is 0 Å². The maximum Gasteiger partial charge on any atom is 0.242 e. The number of hydrogen-bond donors (Lipinski definition) is 2. The van der Waals surface area contributed by atoms with E-state index in [9.17, 15) is 4.79 Å². The fourth-order valence-electron chi connectivity index (χ4n) is 1.20. The minimum absolute atomic E-state index is 0. The van der Waals surface area contributed by atoms with E-state index in [-0.39, 0.29) is 36.9 Å². The largest absolute Gasteiger partial charge is 0.350 e. The molecule has 1 aromatic rings. The highest BCUT2D eigenvalue weighted by atomic mass is 79.9. The van der Waals surface area contributed by atoms with Gasteiger partial charge in [0.2, 0.25) is 5.91 Å². The smallest absolute Gasteiger partial charge is 0.242 e. The summed E-state index contributed by atoms with van der Waals surface area (Å²) in [6.45, 7) is 0.245. The zero-order valence-corrected chi connectivity index (χ0v) is 10.3. The van der Waals surface area contributed by atoms with Crippen LogP contribution in [-0.4, -0.2) is 27.8 Å². The van der Waals surface area contributed by atoms with Gasteiger partial charge in [0.25, 0.3) is 0 Å². The van der Waals surface area contributed by atoms with Crippen LogP contribution in [0.2, 0.25) is 0 Å². The molecule has 0 radical (unpaired) electrons. The number of nitrogens with zero attached hydrogens (tertiary/aromatic N) is 2. The predicted molar refractivity (Wildman–Crippen MR) is 61.7 cm³/mol. The van der Waals surface area contributed by atoms with Crippen LogP contribution in [0.1, 0.15) is 6.42 Å². The van der Waals surface area contributed by atoms with E-state index in [4.69, 9.17) is 5.73 Å². The van der Waals surface area contributed by atoms with Crippen LogP contribution in [0.3, 0.4) is 0 Å². The van der Waals surface area contributed by atoms with Crippen molar-refractivity contribution in [2.24, 2.45) is 5.73 Å². The Labute approximate surface area is 102 Å². The monoisotopic (exact) mass is 294 g/mol. The van der Waals surface area contributed by atoms with Crippen LogP contribution in [0, 0.1) is 0 Å². The van der Waals surface area contributed by atoms with Gasteiger partial charge < -0.3 is 11.1 Å². The van der Waals surface area contributed by atoms with Crippen LogP contribution < -0.4 is 11.1 Å². The van der Waals surface area contributed by atoms with Gasteiger partial charge >= 0.3 is 0 Å². The Morgan fingerprint density at radius 1 is 1.80 bits per heavy atom. The second kappa shape index (κ2) is 4.96. The minimum Gasteiger partial charge on any atom is -0.350 e. The fraction of sp³-hybridized carbons (Fsp3) is 0.500. The molecule has 0 aromatic carbocycles. The predicted octanol–water partition coefficient (Wildman–Crippen LogP) is 0.283. The molecule has 1 aliphatic carbocycles. The summed E-state index contributed by atoms with van der Waals surface area (Å²) < 4.78 is 2.45. The molecule has 1 aromatic heterocycles. The van der Waals surface area contributed by atoms with E-state index in [1.165, 1.54) is 0 Å². The fourth-order valence-corrected chi connectivity index (χ4v) is 1.53. The lowest BCUT2D eigenvalue weighted by molar-refractivity contribution is -0.122. The third kappa shape index (κ3) is 3.48. The Morgan fingerprint density at radius 3 is 2.93 bits per heavy atom. The molecule has 0 spiro atoms. The summed E-state index contributed by atoms with van der Waals surface area (Å²) in [6, 6.07) is 0.310. The molecule has 1 fully saturated rings. The van der Waals surface area contributed by atoms with Gasteiger partial charge in [0.05, 0.1) is 10.7 Å². The number of aromatic nitrogens is 2. The first kappa shape index (κ1) is 12.5. The highest BCUT2D eigenvalue weighted by Gasteiger charge is 2.34. The Kier molecular flexibility index (Phi) is 4.12. The SMILES string of the molecule is Cl.NC1CC1NC(=O)Cn1cc(Br)cn1. The van der Waals surface area contributed by atoms with Gasteiger partial charge in [0, 0.05) is 18.3 Å². The van der Waals surface area contributed by atoms with Gasteiger partial charge in [-0.25, -0.2) is 0 Å². The van der Waals surface area contributed by atoms with E-state index >= 15 is 0 Å². The van der Waals surface area contributed by atoms with Crippen LogP contribution in [0.4, 0.5) is 0 Å². The molecule has 0 bridgehead atoms. The molecular weight excluding hydrogens is 283 g/mol. The van der Waals surface area contributed by atoms with Crippen LogP contribution in [0.15, 0.2) is 16.9 Å². The van der Waals surface area contributed by atoms with Crippen LogP contribution >= 0.6 is 28.3 Å². The van der Waals surface area contributed by atoms with Crippen molar-refractivity contribution >= 4 is 34.2 Å². The molecule has 2 rings (SSSR count). The molecule has 5 nitrogen and oxygen atoms in total. The molecule has 1 heterocycles. The molecule has 0 saturated heterocycles. The zero-order valence-electron chi connectivity index (χ0n) is 7.89. The van der Waals surface area contributed by atoms with Crippen molar-refractivity contribution in [3.63, 3.8) is 0 Å². The normalized spacial score (nSPS) is 23.1. The number of nitrogens with one attached hydrogen (secondary N) is 1. The first-order valence-electron chi connectivity index (χ1n) is 4.38. The summed E-state index contributed by atoms with van der Waals surface area (Å²) in [5.74, 6) is -0.0430. The molecule has 1 amide bonds. The van der Waals surface area contributed by atoms with Crippen LogP contribution in [0.25, 0.3) is 0 Å². The first-order chi connectivity index (χ1) is 6.65. The first-order valence-corrected chi connectivity index (χ1v) is 5.17. The number of hydrogen-bond acceptors (Lipinski definition) is 3. The number of carbonyl (C=O) groups excluding carboxylic acids is 1. The van der Waals surface area contributed by atoms with Gasteiger partial charge in [0.15, 0.2) is 0 Å². The Hall–Kier alpha value is -0.590. The standard InChI is InChI=1S/C8H11BrN4O.ClH/c9-5-2-11-13(3-5)4-8(14)12-7-1-6(7)10;/h2-3,6-7H,1,4,10H2,(H,12,14);1H. The van der Waals surface area contributed by atoms with Crippen molar-refractivity contribution in [2.75, 3.05) is 0 Å². The highest BCUT2D eigenvalue weighted by Crippen LogP contribution is 2.17. The summed E-state index contributed by atoms with van der Waals surface area (Å²) in [6.07, 6.45) is 4.29. The van der Waals surface area contributed by atoms with Gasteiger partial charge in [0.1, 0.15) is 6.54 Å². The van der Waals surface area contributed by atoms with Gasteiger partial charge in [-0.2, -0.15) is 5.10 Å². The van der Waals surface area contributed by atoms with Crippen molar-refractivity contribution in [3.8, 4) is 0 Å². The topological polar surface area (TPSA) is 72.9 Å². The lowest BCUT2D eigenvalue weighted by Gasteiger charge is -2.03. The van der Waals surface area contributed by atoms with E-state index < -0.39 is 0 Å². The third-order valence-electron chi connectivity index (χ3n) is 2.09. The van der Waals surface area contributed by atoms with Gasteiger partial charge in [-0.15, -0.1) is 12.4 Å². The number of rotatable bonds is 3. The number of halogens is 2. The van der Waals surface area contributed by atoms with E-state index in [0.29, 0.717) is 0 Å². The number of carbonyl (C=O) groups is 1. The van der Waals surface area contributed by atoms with Crippen LogP contribution in [-0.2, 0) is 11.3 Å². The number of amides is 1. The summed E-state index contributed by atoms with van der Waals surface area (Å²) in [5, 5.41) is 6.80. The molecule has 84 valence electrons. The number of nitrogens with two attached hydrogens (primary N) is 1.